The van der Waals surface area contributed by atoms with Crippen LogP contribution in [0.25, 0.3) is 11.3 Å². The number of hydrogen-bond acceptors (Lipinski definition) is 8. The molecule has 4 aromatic heterocycles. The van der Waals surface area contributed by atoms with Gasteiger partial charge in [0.1, 0.15) is 5.15 Å². The van der Waals surface area contributed by atoms with Gasteiger partial charge in [0, 0.05) is 56.8 Å². The van der Waals surface area contributed by atoms with E-state index in [1.807, 2.05) is 78.6 Å². The van der Waals surface area contributed by atoms with Gasteiger partial charge in [0.2, 0.25) is 0 Å². The summed E-state index contributed by atoms with van der Waals surface area (Å²) in [5.74, 6) is 0. The fraction of sp³-hybridized carbons (Fsp3) is 0.484. The van der Waals surface area contributed by atoms with Crippen LogP contribution < -0.4 is 16.1 Å². The number of hydrogen-bond donors (Lipinski definition) is 2. The third-order valence-electron chi connectivity index (χ3n) is 7.98. The standard InChI is InChI=1S/C12H14N4.C10H17BN2O2.C8H9ClN2.CH4/c1-16-8-9(7-14-16)10-4-5-11-12(15-10)3-2-6-13-11;1-9(2)10(3,4)15-11(14-9)8-6-12-13(5)7-8;9-8-4-3-6-7(11-8)2-1-5-10-6;/h4-5,7-8,13H,2-3,6H2,1H3;6-7H,1-5H3;3-4,10H,1-2,5H2;1H4. The van der Waals surface area contributed by atoms with Gasteiger partial charge in [0.05, 0.1) is 45.9 Å². The molecule has 10 nitrogen and oxygen atoms in total. The molecule has 0 amide bonds. The summed E-state index contributed by atoms with van der Waals surface area (Å²) in [6, 6.07) is 7.97. The average Bonchev–Trinajstić information content (AvgIpc) is 3.66. The van der Waals surface area contributed by atoms with Crippen LogP contribution in [0.2, 0.25) is 5.15 Å². The summed E-state index contributed by atoms with van der Waals surface area (Å²) >= 11 is 5.74. The van der Waals surface area contributed by atoms with Crippen LogP contribution >= 0.6 is 11.6 Å². The van der Waals surface area contributed by atoms with Crippen molar-refractivity contribution in [2.45, 2.75) is 72.0 Å². The molecule has 1 saturated heterocycles. The van der Waals surface area contributed by atoms with Crippen LogP contribution in [0.4, 0.5) is 11.4 Å². The summed E-state index contributed by atoms with van der Waals surface area (Å²) in [4.78, 5) is 8.90. The Bertz CT molecular complexity index is 1500. The van der Waals surface area contributed by atoms with Crippen LogP contribution in [0, 0.1) is 0 Å². The predicted molar refractivity (Wildman–Crippen MR) is 175 cm³/mol. The lowest BCUT2D eigenvalue weighted by atomic mass is 9.82. The Labute approximate surface area is 260 Å². The summed E-state index contributed by atoms with van der Waals surface area (Å²) in [7, 11) is 3.50. The van der Waals surface area contributed by atoms with Gasteiger partial charge in [0.25, 0.3) is 0 Å². The fourth-order valence-corrected chi connectivity index (χ4v) is 5.06. The van der Waals surface area contributed by atoms with Crippen molar-refractivity contribution in [2.24, 2.45) is 14.1 Å². The number of halogens is 1. The highest BCUT2D eigenvalue weighted by atomic mass is 35.5. The van der Waals surface area contributed by atoms with Crippen molar-refractivity contribution in [3.8, 4) is 11.3 Å². The first kappa shape index (κ1) is 32.5. The molecule has 0 atom stereocenters. The Balaban J connectivity index is 0.000000148. The minimum absolute atomic E-state index is 0. The maximum absolute atomic E-state index is 5.89. The molecule has 2 N–H and O–H groups in total. The zero-order valence-electron chi connectivity index (χ0n) is 25.3. The van der Waals surface area contributed by atoms with Gasteiger partial charge in [-0.2, -0.15) is 10.2 Å². The molecule has 7 rings (SSSR count). The number of aromatic nitrogens is 6. The summed E-state index contributed by atoms with van der Waals surface area (Å²) in [5.41, 5.74) is 7.08. The molecule has 3 aliphatic heterocycles. The molecule has 0 radical (unpaired) electrons. The number of nitrogens with one attached hydrogen (secondary N) is 2. The van der Waals surface area contributed by atoms with Crippen molar-refractivity contribution in [1.29, 1.82) is 0 Å². The van der Waals surface area contributed by atoms with E-state index in [1.54, 1.807) is 15.6 Å². The van der Waals surface area contributed by atoms with Crippen molar-refractivity contribution in [2.75, 3.05) is 23.7 Å². The number of fused-ring (bicyclic) bond motifs is 2. The van der Waals surface area contributed by atoms with Crippen LogP contribution in [0.1, 0.15) is 59.4 Å². The van der Waals surface area contributed by atoms with Gasteiger partial charge in [-0.1, -0.05) is 19.0 Å². The molecule has 0 saturated carbocycles. The highest BCUT2D eigenvalue weighted by Gasteiger charge is 2.52. The van der Waals surface area contributed by atoms with Gasteiger partial charge in [0.15, 0.2) is 0 Å². The van der Waals surface area contributed by atoms with Crippen LogP contribution in [0.15, 0.2) is 49.1 Å². The number of aryl methyl sites for hydroxylation is 4. The largest absolute Gasteiger partial charge is 0.498 e. The monoisotopic (exact) mass is 606 g/mol. The van der Waals surface area contributed by atoms with Crippen LogP contribution in [0.5, 0.6) is 0 Å². The first-order valence-corrected chi connectivity index (χ1v) is 14.8. The van der Waals surface area contributed by atoms with E-state index >= 15 is 0 Å². The third kappa shape index (κ3) is 7.76. The highest BCUT2D eigenvalue weighted by molar-refractivity contribution is 6.62. The second kappa shape index (κ2) is 13.5. The summed E-state index contributed by atoms with van der Waals surface area (Å²) in [6.45, 7) is 10.3. The smallest absolute Gasteiger partial charge is 0.399 e. The molecule has 0 spiro atoms. The van der Waals surface area contributed by atoms with E-state index in [2.05, 4.69) is 36.9 Å². The normalized spacial score (nSPS) is 17.4. The molecule has 0 unspecified atom stereocenters. The lowest BCUT2D eigenvalue weighted by molar-refractivity contribution is 0.00578. The molecule has 3 aliphatic rings. The van der Waals surface area contributed by atoms with E-state index in [4.69, 9.17) is 20.9 Å². The molecule has 12 heteroatoms. The second-order valence-electron chi connectivity index (χ2n) is 11.8. The molecule has 43 heavy (non-hydrogen) atoms. The van der Waals surface area contributed by atoms with Gasteiger partial charge in [-0.05, 0) is 77.6 Å². The quantitative estimate of drug-likeness (QED) is 0.234. The molecule has 4 aromatic rings. The Kier molecular flexibility index (Phi) is 10.2. The van der Waals surface area contributed by atoms with Gasteiger partial charge in [-0.3, -0.25) is 14.3 Å². The lowest BCUT2D eigenvalue weighted by Gasteiger charge is -2.32. The van der Waals surface area contributed by atoms with Crippen molar-refractivity contribution < 1.29 is 9.31 Å². The maximum Gasteiger partial charge on any atom is 0.498 e. The minimum atomic E-state index is -0.302. The summed E-state index contributed by atoms with van der Waals surface area (Å²) < 4.78 is 15.3. The molecule has 0 aliphatic carbocycles. The Morgan fingerprint density at radius 2 is 1.35 bits per heavy atom. The molecule has 0 bridgehead atoms. The van der Waals surface area contributed by atoms with E-state index in [0.717, 1.165) is 66.9 Å². The van der Waals surface area contributed by atoms with E-state index in [0.29, 0.717) is 5.15 Å². The molecular formula is C31H44BClN8O2. The van der Waals surface area contributed by atoms with Crippen molar-refractivity contribution in [1.82, 2.24) is 29.5 Å². The molecule has 7 heterocycles. The van der Waals surface area contributed by atoms with Crippen LogP contribution in [-0.4, -0.2) is 60.9 Å². The predicted octanol–water partition coefficient (Wildman–Crippen LogP) is 5.29. The SMILES string of the molecule is C.Clc1ccc2c(n1)CCCN2.Cn1cc(-c2ccc3c(n2)CCCN3)cn1.Cn1cc(B2OC(C)(C)C(C)(C)O2)cn1. The van der Waals surface area contributed by atoms with E-state index < -0.39 is 0 Å². The Morgan fingerprint density at radius 3 is 1.91 bits per heavy atom. The van der Waals surface area contributed by atoms with Crippen molar-refractivity contribution >= 4 is 35.6 Å². The molecule has 230 valence electrons. The summed E-state index contributed by atoms with van der Waals surface area (Å²) in [5, 5.41) is 15.5. The van der Waals surface area contributed by atoms with Gasteiger partial charge in [-0.15, -0.1) is 0 Å². The van der Waals surface area contributed by atoms with E-state index in [9.17, 15) is 0 Å². The first-order chi connectivity index (χ1) is 20.0. The molecule has 1 fully saturated rings. The summed E-state index contributed by atoms with van der Waals surface area (Å²) in [6.07, 6.45) is 12.0. The van der Waals surface area contributed by atoms with Crippen LogP contribution in [0.3, 0.4) is 0 Å². The fourth-order valence-electron chi connectivity index (χ4n) is 4.89. The number of pyridine rings is 2. The molecular weight excluding hydrogens is 563 g/mol. The zero-order chi connectivity index (χ0) is 29.9. The average molecular weight is 607 g/mol. The number of anilines is 2. The van der Waals surface area contributed by atoms with E-state index in [1.165, 1.54) is 11.4 Å². The number of nitrogens with zero attached hydrogens (tertiary/aromatic N) is 6. The van der Waals surface area contributed by atoms with Crippen molar-refractivity contribution in [3.05, 3.63) is 65.6 Å². The lowest BCUT2D eigenvalue weighted by Crippen LogP contribution is -2.41. The molecule has 0 aromatic carbocycles. The van der Waals surface area contributed by atoms with Gasteiger partial charge < -0.3 is 19.9 Å². The topological polar surface area (TPSA) is 104 Å². The maximum atomic E-state index is 5.89. The van der Waals surface area contributed by atoms with Crippen molar-refractivity contribution in [3.63, 3.8) is 0 Å². The van der Waals surface area contributed by atoms with Crippen LogP contribution in [-0.2, 0) is 36.2 Å². The number of rotatable bonds is 2. The van der Waals surface area contributed by atoms with Gasteiger partial charge in [-0.25, -0.2) is 4.98 Å². The Hall–Kier alpha value is -3.41. The van der Waals surface area contributed by atoms with E-state index in [-0.39, 0.29) is 25.7 Å². The highest BCUT2D eigenvalue weighted by Crippen LogP contribution is 2.36. The minimum Gasteiger partial charge on any atom is -0.399 e. The first-order valence-electron chi connectivity index (χ1n) is 14.5. The van der Waals surface area contributed by atoms with Gasteiger partial charge >= 0.3 is 7.12 Å². The second-order valence-corrected chi connectivity index (χ2v) is 12.2. The Morgan fingerprint density at radius 1 is 0.791 bits per heavy atom. The third-order valence-corrected chi connectivity index (χ3v) is 8.19. The zero-order valence-corrected chi connectivity index (χ0v) is 26.1.